The van der Waals surface area contributed by atoms with Gasteiger partial charge in [0.1, 0.15) is 0 Å². The third-order valence-electron chi connectivity index (χ3n) is 2.64. The minimum Gasteiger partial charge on any atom is -0.481 e. The van der Waals surface area contributed by atoms with E-state index in [1.165, 1.54) is 18.9 Å². The van der Waals surface area contributed by atoms with Gasteiger partial charge in [0.2, 0.25) is 5.88 Å². The molecule has 0 saturated carbocycles. The van der Waals surface area contributed by atoms with E-state index in [0.717, 1.165) is 9.26 Å². The Morgan fingerprint density at radius 3 is 2.68 bits per heavy atom. The van der Waals surface area contributed by atoms with Crippen LogP contribution in [0.2, 0.25) is 0 Å². The van der Waals surface area contributed by atoms with Crippen molar-refractivity contribution in [3.63, 3.8) is 0 Å². The Morgan fingerprint density at radius 1 is 1.32 bits per heavy atom. The van der Waals surface area contributed by atoms with Crippen molar-refractivity contribution in [1.82, 2.24) is 4.98 Å². The summed E-state index contributed by atoms with van der Waals surface area (Å²) >= 11 is 2.24. The Morgan fingerprint density at radius 2 is 2.11 bits per heavy atom. The lowest BCUT2D eigenvalue weighted by molar-refractivity contribution is 0.102. The number of hydrogen-bond donors (Lipinski definition) is 1. The second-order valence-corrected chi connectivity index (χ2v) is 5.17. The van der Waals surface area contributed by atoms with E-state index in [1.807, 2.05) is 25.1 Å². The van der Waals surface area contributed by atoms with Crippen LogP contribution >= 0.6 is 22.6 Å². The van der Waals surface area contributed by atoms with Crippen LogP contribution in [0.15, 0.2) is 36.5 Å². The maximum Gasteiger partial charge on any atom is 0.257 e. The molecule has 0 atom stereocenters. The lowest BCUT2D eigenvalue weighted by Gasteiger charge is -2.07. The van der Waals surface area contributed by atoms with Crippen molar-refractivity contribution in [1.29, 1.82) is 0 Å². The minimum atomic E-state index is -0.185. The first-order chi connectivity index (χ1) is 9.10. The van der Waals surface area contributed by atoms with Gasteiger partial charge in [0, 0.05) is 21.5 Å². The van der Waals surface area contributed by atoms with Crippen molar-refractivity contribution in [2.24, 2.45) is 0 Å². The molecule has 4 nitrogen and oxygen atoms in total. The summed E-state index contributed by atoms with van der Waals surface area (Å²) in [5.74, 6) is 0.302. The summed E-state index contributed by atoms with van der Waals surface area (Å²) in [4.78, 5) is 16.0. The molecule has 1 aromatic carbocycles. The summed E-state index contributed by atoms with van der Waals surface area (Å²) in [6.45, 7) is 2.03. The van der Waals surface area contributed by atoms with Gasteiger partial charge in [-0.05, 0) is 53.3 Å². The number of carbonyl (C=O) groups excluding carboxylic acids is 1. The molecule has 19 heavy (non-hydrogen) atoms. The summed E-state index contributed by atoms with van der Waals surface area (Å²) < 4.78 is 6.07. The Bertz CT molecular complexity index is 597. The van der Waals surface area contributed by atoms with Crippen molar-refractivity contribution in [2.75, 3.05) is 12.4 Å². The molecule has 0 radical (unpaired) electrons. The van der Waals surface area contributed by atoms with Crippen LogP contribution in [0, 0.1) is 10.5 Å². The number of amides is 1. The number of methoxy groups -OCH3 is 1. The topological polar surface area (TPSA) is 51.2 Å². The fourth-order valence-corrected chi connectivity index (χ4v) is 2.02. The Hall–Kier alpha value is -1.63. The van der Waals surface area contributed by atoms with Gasteiger partial charge in [-0.3, -0.25) is 4.79 Å². The molecule has 0 aliphatic rings. The average molecular weight is 368 g/mol. The molecule has 1 amide bonds. The number of ether oxygens (including phenoxy) is 1. The lowest BCUT2D eigenvalue weighted by atomic mass is 10.2. The smallest absolute Gasteiger partial charge is 0.257 e. The minimum absolute atomic E-state index is 0.185. The van der Waals surface area contributed by atoms with Crippen molar-refractivity contribution in [3.8, 4) is 5.88 Å². The molecule has 1 aromatic heterocycles. The molecule has 2 rings (SSSR count). The Kier molecular flexibility index (Phi) is 4.36. The maximum absolute atomic E-state index is 12.0. The number of anilines is 1. The van der Waals surface area contributed by atoms with Gasteiger partial charge >= 0.3 is 0 Å². The van der Waals surface area contributed by atoms with Gasteiger partial charge < -0.3 is 10.1 Å². The van der Waals surface area contributed by atoms with Crippen molar-refractivity contribution < 1.29 is 9.53 Å². The van der Waals surface area contributed by atoms with E-state index >= 15 is 0 Å². The van der Waals surface area contributed by atoms with E-state index < -0.39 is 0 Å². The summed E-state index contributed by atoms with van der Waals surface area (Å²) in [5, 5.41) is 2.84. The molecule has 5 heteroatoms. The standard InChI is InChI=1S/C14H13IN2O2/c1-9-3-5-11(7-12(9)15)17-14(18)10-4-6-13(19-2)16-8-10/h3-8H,1-2H3,(H,17,18). The highest BCUT2D eigenvalue weighted by Gasteiger charge is 2.07. The predicted octanol–water partition coefficient (Wildman–Crippen LogP) is 3.26. The van der Waals surface area contributed by atoms with Gasteiger partial charge in [0.15, 0.2) is 0 Å². The molecule has 1 N–H and O–H groups in total. The van der Waals surface area contributed by atoms with Crippen LogP contribution < -0.4 is 10.1 Å². The molecule has 1 heterocycles. The van der Waals surface area contributed by atoms with Gasteiger partial charge in [-0.2, -0.15) is 0 Å². The molecule has 0 aliphatic heterocycles. The van der Waals surface area contributed by atoms with E-state index in [0.29, 0.717) is 11.4 Å². The van der Waals surface area contributed by atoms with E-state index in [1.54, 1.807) is 12.1 Å². The number of nitrogens with zero attached hydrogens (tertiary/aromatic N) is 1. The van der Waals surface area contributed by atoms with Gasteiger partial charge in [-0.25, -0.2) is 4.98 Å². The quantitative estimate of drug-likeness (QED) is 0.847. The number of aromatic nitrogens is 1. The van der Waals surface area contributed by atoms with Crippen molar-refractivity contribution in [2.45, 2.75) is 6.92 Å². The first-order valence-electron chi connectivity index (χ1n) is 5.67. The number of benzene rings is 1. The van der Waals surface area contributed by atoms with E-state index in [2.05, 4.69) is 32.9 Å². The predicted molar refractivity (Wildman–Crippen MR) is 82.6 cm³/mol. The fourth-order valence-electron chi connectivity index (χ4n) is 1.51. The van der Waals surface area contributed by atoms with Gasteiger partial charge in [0.05, 0.1) is 12.7 Å². The van der Waals surface area contributed by atoms with E-state index in [9.17, 15) is 4.79 Å². The number of nitrogens with one attached hydrogen (secondary N) is 1. The highest BCUT2D eigenvalue weighted by Crippen LogP contribution is 2.18. The summed E-state index contributed by atoms with van der Waals surface area (Å²) in [5.41, 5.74) is 2.46. The maximum atomic E-state index is 12.0. The van der Waals surface area contributed by atoms with Gasteiger partial charge in [0.25, 0.3) is 5.91 Å². The van der Waals surface area contributed by atoms with Crippen LogP contribution in [0.3, 0.4) is 0 Å². The largest absolute Gasteiger partial charge is 0.481 e. The third-order valence-corrected chi connectivity index (χ3v) is 3.80. The average Bonchev–Trinajstić information content (AvgIpc) is 2.43. The van der Waals surface area contributed by atoms with Crippen LogP contribution in [0.4, 0.5) is 5.69 Å². The van der Waals surface area contributed by atoms with Crippen LogP contribution in [0.1, 0.15) is 15.9 Å². The summed E-state index contributed by atoms with van der Waals surface area (Å²) in [7, 11) is 1.54. The molecule has 0 spiro atoms. The number of rotatable bonds is 3. The van der Waals surface area contributed by atoms with Gasteiger partial charge in [-0.1, -0.05) is 6.07 Å². The number of pyridine rings is 1. The lowest BCUT2D eigenvalue weighted by Crippen LogP contribution is -2.12. The molecule has 0 fully saturated rings. The van der Waals surface area contributed by atoms with Crippen molar-refractivity contribution in [3.05, 3.63) is 51.2 Å². The number of carbonyl (C=O) groups is 1. The van der Waals surface area contributed by atoms with Gasteiger partial charge in [-0.15, -0.1) is 0 Å². The van der Waals surface area contributed by atoms with Crippen LogP contribution in [-0.4, -0.2) is 18.0 Å². The van der Waals surface area contributed by atoms with E-state index in [-0.39, 0.29) is 5.91 Å². The molecular formula is C14H13IN2O2. The van der Waals surface area contributed by atoms with E-state index in [4.69, 9.17) is 4.74 Å². The SMILES string of the molecule is COc1ccc(C(=O)Nc2ccc(C)c(I)c2)cn1. The summed E-state index contributed by atoms with van der Waals surface area (Å²) in [6.07, 6.45) is 1.49. The molecule has 0 bridgehead atoms. The zero-order chi connectivity index (χ0) is 13.8. The highest BCUT2D eigenvalue weighted by atomic mass is 127. The molecule has 98 valence electrons. The molecule has 2 aromatic rings. The highest BCUT2D eigenvalue weighted by molar-refractivity contribution is 14.1. The first kappa shape index (κ1) is 13.8. The van der Waals surface area contributed by atoms with Crippen LogP contribution in [0.25, 0.3) is 0 Å². The Labute approximate surface area is 125 Å². The molecule has 0 saturated heterocycles. The monoisotopic (exact) mass is 368 g/mol. The normalized spacial score (nSPS) is 10.1. The zero-order valence-corrected chi connectivity index (χ0v) is 12.8. The second kappa shape index (κ2) is 6.01. The third kappa shape index (κ3) is 3.44. The number of halogens is 1. The zero-order valence-electron chi connectivity index (χ0n) is 10.6. The fraction of sp³-hybridized carbons (Fsp3) is 0.143. The number of hydrogen-bond acceptors (Lipinski definition) is 3. The van der Waals surface area contributed by atoms with Crippen LogP contribution in [0.5, 0.6) is 5.88 Å². The summed E-state index contributed by atoms with van der Waals surface area (Å²) in [6, 6.07) is 9.13. The van der Waals surface area contributed by atoms with Crippen LogP contribution in [-0.2, 0) is 0 Å². The molecular weight excluding hydrogens is 355 g/mol. The number of aryl methyl sites for hydroxylation is 1. The van der Waals surface area contributed by atoms with Crippen molar-refractivity contribution >= 4 is 34.2 Å². The molecule has 0 aliphatic carbocycles. The molecule has 0 unspecified atom stereocenters. The second-order valence-electron chi connectivity index (χ2n) is 4.01. The Balaban J connectivity index is 2.13. The first-order valence-corrected chi connectivity index (χ1v) is 6.75.